The second kappa shape index (κ2) is 4.00. The van der Waals surface area contributed by atoms with Crippen molar-refractivity contribution < 1.29 is 5.11 Å². The molecule has 1 saturated carbocycles. The van der Waals surface area contributed by atoms with Gasteiger partial charge in [-0.25, -0.2) is 9.50 Å². The van der Waals surface area contributed by atoms with Gasteiger partial charge in [0.05, 0.1) is 12.3 Å². The molecule has 0 radical (unpaired) electrons. The molecule has 2 aromatic heterocycles. The standard InChI is InChI=1S/C12H16N4O/c1-9-8-11-12(13-4-5-16(11)14-9)15(6-7-17)10-2-3-10/h4-5,8,10,17H,2-3,6-7H2,1H3. The van der Waals surface area contributed by atoms with Crippen molar-refractivity contribution >= 4 is 11.3 Å². The van der Waals surface area contributed by atoms with Crippen molar-refractivity contribution in [2.75, 3.05) is 18.1 Å². The van der Waals surface area contributed by atoms with Crippen molar-refractivity contribution in [2.24, 2.45) is 0 Å². The molecule has 2 heterocycles. The molecule has 1 aliphatic carbocycles. The minimum atomic E-state index is 0.159. The highest BCUT2D eigenvalue weighted by molar-refractivity contribution is 5.69. The molecule has 2 aromatic rings. The fourth-order valence-corrected chi connectivity index (χ4v) is 2.21. The van der Waals surface area contributed by atoms with Crippen LogP contribution in [-0.2, 0) is 0 Å². The molecule has 0 aromatic carbocycles. The fraction of sp³-hybridized carbons (Fsp3) is 0.500. The van der Waals surface area contributed by atoms with Crippen LogP contribution in [0.2, 0.25) is 0 Å². The minimum absolute atomic E-state index is 0.159. The Morgan fingerprint density at radius 3 is 3.06 bits per heavy atom. The third kappa shape index (κ3) is 1.86. The molecule has 17 heavy (non-hydrogen) atoms. The van der Waals surface area contributed by atoms with Gasteiger partial charge in [-0.05, 0) is 25.8 Å². The Balaban J connectivity index is 2.07. The Labute approximate surface area is 99.7 Å². The first kappa shape index (κ1) is 10.5. The Hall–Kier alpha value is -1.62. The molecule has 0 atom stereocenters. The number of rotatable bonds is 4. The van der Waals surface area contributed by atoms with Gasteiger partial charge in [-0.15, -0.1) is 0 Å². The first-order chi connectivity index (χ1) is 8.29. The zero-order valence-corrected chi connectivity index (χ0v) is 9.87. The van der Waals surface area contributed by atoms with Crippen molar-refractivity contribution in [3.05, 3.63) is 24.2 Å². The zero-order valence-electron chi connectivity index (χ0n) is 9.87. The molecule has 5 nitrogen and oxygen atoms in total. The molecule has 1 aliphatic rings. The summed E-state index contributed by atoms with van der Waals surface area (Å²) in [5.41, 5.74) is 2.00. The van der Waals surface area contributed by atoms with Gasteiger partial charge in [0.1, 0.15) is 5.52 Å². The number of nitrogens with zero attached hydrogens (tertiary/aromatic N) is 4. The highest BCUT2D eigenvalue weighted by atomic mass is 16.3. The monoisotopic (exact) mass is 232 g/mol. The predicted molar refractivity (Wildman–Crippen MR) is 65.2 cm³/mol. The summed E-state index contributed by atoms with van der Waals surface area (Å²) in [4.78, 5) is 6.65. The molecule has 90 valence electrons. The maximum Gasteiger partial charge on any atom is 0.155 e. The summed E-state index contributed by atoms with van der Waals surface area (Å²) >= 11 is 0. The molecule has 0 bridgehead atoms. The van der Waals surface area contributed by atoms with Crippen LogP contribution >= 0.6 is 0 Å². The second-order valence-electron chi connectivity index (χ2n) is 4.51. The average Bonchev–Trinajstić information content (AvgIpc) is 3.07. The Morgan fingerprint density at radius 2 is 2.35 bits per heavy atom. The molecular weight excluding hydrogens is 216 g/mol. The van der Waals surface area contributed by atoms with Crippen molar-refractivity contribution in [3.63, 3.8) is 0 Å². The Bertz CT molecular complexity index is 532. The molecule has 5 heteroatoms. The van der Waals surface area contributed by atoms with Gasteiger partial charge < -0.3 is 10.0 Å². The van der Waals surface area contributed by atoms with Crippen LogP contribution in [0.15, 0.2) is 18.5 Å². The van der Waals surface area contributed by atoms with Gasteiger partial charge in [0, 0.05) is 25.0 Å². The lowest BCUT2D eigenvalue weighted by Crippen LogP contribution is -2.30. The summed E-state index contributed by atoms with van der Waals surface area (Å²) in [5, 5.41) is 13.5. The number of fused-ring (bicyclic) bond motifs is 1. The van der Waals surface area contributed by atoms with E-state index in [4.69, 9.17) is 5.11 Å². The number of aliphatic hydroxyl groups excluding tert-OH is 1. The highest BCUT2D eigenvalue weighted by Crippen LogP contribution is 2.32. The molecule has 0 amide bonds. The van der Waals surface area contributed by atoms with E-state index in [9.17, 15) is 0 Å². The maximum atomic E-state index is 9.16. The van der Waals surface area contributed by atoms with Gasteiger partial charge in [0.15, 0.2) is 5.82 Å². The second-order valence-corrected chi connectivity index (χ2v) is 4.51. The number of hydrogen-bond donors (Lipinski definition) is 1. The van der Waals surface area contributed by atoms with E-state index in [1.165, 1.54) is 12.8 Å². The van der Waals surface area contributed by atoms with Crippen LogP contribution in [0, 0.1) is 6.92 Å². The number of aryl methyl sites for hydroxylation is 1. The number of aliphatic hydroxyl groups is 1. The maximum absolute atomic E-state index is 9.16. The van der Waals surface area contributed by atoms with E-state index in [-0.39, 0.29) is 6.61 Å². The van der Waals surface area contributed by atoms with Crippen LogP contribution in [0.4, 0.5) is 5.82 Å². The van der Waals surface area contributed by atoms with Gasteiger partial charge in [-0.1, -0.05) is 0 Å². The van der Waals surface area contributed by atoms with Crippen molar-refractivity contribution in [2.45, 2.75) is 25.8 Å². The lowest BCUT2D eigenvalue weighted by Gasteiger charge is -2.22. The smallest absolute Gasteiger partial charge is 0.155 e. The molecule has 0 aliphatic heterocycles. The SMILES string of the molecule is Cc1cc2c(N(CCO)C3CC3)nccn2n1. The van der Waals surface area contributed by atoms with Crippen LogP contribution in [0.1, 0.15) is 18.5 Å². The summed E-state index contributed by atoms with van der Waals surface area (Å²) in [7, 11) is 0. The van der Waals surface area contributed by atoms with Gasteiger partial charge in [0.2, 0.25) is 0 Å². The lowest BCUT2D eigenvalue weighted by molar-refractivity contribution is 0.301. The van der Waals surface area contributed by atoms with E-state index >= 15 is 0 Å². The predicted octanol–water partition coefficient (Wildman–Crippen LogP) is 0.999. The van der Waals surface area contributed by atoms with E-state index in [1.807, 2.05) is 23.7 Å². The fourth-order valence-electron chi connectivity index (χ4n) is 2.21. The van der Waals surface area contributed by atoms with Crippen molar-refractivity contribution in [1.82, 2.24) is 14.6 Å². The summed E-state index contributed by atoms with van der Waals surface area (Å²) in [6.07, 6.45) is 6.00. The Morgan fingerprint density at radius 1 is 1.53 bits per heavy atom. The normalized spacial score (nSPS) is 15.4. The summed E-state index contributed by atoms with van der Waals surface area (Å²) in [6.45, 7) is 2.78. The van der Waals surface area contributed by atoms with Crippen molar-refractivity contribution in [3.8, 4) is 0 Å². The number of hydrogen-bond acceptors (Lipinski definition) is 4. The minimum Gasteiger partial charge on any atom is -0.395 e. The van der Waals surface area contributed by atoms with E-state index in [0.29, 0.717) is 12.6 Å². The molecule has 1 N–H and O–H groups in total. The molecule has 0 spiro atoms. The molecule has 1 fully saturated rings. The van der Waals surface area contributed by atoms with Gasteiger partial charge in [-0.2, -0.15) is 5.10 Å². The van der Waals surface area contributed by atoms with Crippen LogP contribution in [-0.4, -0.2) is 38.9 Å². The molecule has 3 rings (SSSR count). The first-order valence-electron chi connectivity index (χ1n) is 5.98. The van der Waals surface area contributed by atoms with Crippen LogP contribution < -0.4 is 4.90 Å². The molecular formula is C12H16N4O. The quantitative estimate of drug-likeness (QED) is 0.854. The highest BCUT2D eigenvalue weighted by Gasteiger charge is 2.30. The van der Waals surface area contributed by atoms with E-state index in [2.05, 4.69) is 15.0 Å². The zero-order chi connectivity index (χ0) is 11.8. The van der Waals surface area contributed by atoms with Gasteiger partial charge in [0.25, 0.3) is 0 Å². The third-order valence-corrected chi connectivity index (χ3v) is 3.09. The van der Waals surface area contributed by atoms with Crippen LogP contribution in [0.5, 0.6) is 0 Å². The van der Waals surface area contributed by atoms with E-state index in [0.717, 1.165) is 17.0 Å². The molecule has 0 saturated heterocycles. The Kier molecular flexibility index (Phi) is 2.48. The molecule has 0 unspecified atom stereocenters. The van der Waals surface area contributed by atoms with Gasteiger partial charge in [-0.3, -0.25) is 0 Å². The third-order valence-electron chi connectivity index (χ3n) is 3.09. The van der Waals surface area contributed by atoms with E-state index < -0.39 is 0 Å². The largest absolute Gasteiger partial charge is 0.395 e. The first-order valence-corrected chi connectivity index (χ1v) is 5.98. The number of anilines is 1. The van der Waals surface area contributed by atoms with Crippen LogP contribution in [0.25, 0.3) is 5.52 Å². The summed E-state index contributed by atoms with van der Waals surface area (Å²) in [6, 6.07) is 2.57. The average molecular weight is 232 g/mol. The van der Waals surface area contributed by atoms with Crippen LogP contribution in [0.3, 0.4) is 0 Å². The topological polar surface area (TPSA) is 53.7 Å². The van der Waals surface area contributed by atoms with Gasteiger partial charge >= 0.3 is 0 Å². The van der Waals surface area contributed by atoms with E-state index in [1.54, 1.807) is 6.20 Å². The van der Waals surface area contributed by atoms with Crippen molar-refractivity contribution in [1.29, 1.82) is 0 Å². The number of aromatic nitrogens is 3. The summed E-state index contributed by atoms with van der Waals surface area (Å²) in [5.74, 6) is 0.935. The lowest BCUT2D eigenvalue weighted by atomic mass is 10.3. The summed E-state index contributed by atoms with van der Waals surface area (Å²) < 4.78 is 1.85.